The lowest BCUT2D eigenvalue weighted by Crippen LogP contribution is -2.41. The van der Waals surface area contributed by atoms with E-state index in [9.17, 15) is 4.79 Å². The molecule has 0 radical (unpaired) electrons. The number of thiazole rings is 1. The van der Waals surface area contributed by atoms with Crippen molar-refractivity contribution in [1.82, 2.24) is 25.2 Å². The molecule has 2 atom stereocenters. The van der Waals surface area contributed by atoms with Gasteiger partial charge in [0.1, 0.15) is 22.0 Å². The highest BCUT2D eigenvalue weighted by Gasteiger charge is 2.23. The van der Waals surface area contributed by atoms with Crippen LogP contribution in [0.25, 0.3) is 10.3 Å². The number of aromatic nitrogens is 3. The molecule has 1 amide bonds. The van der Waals surface area contributed by atoms with Crippen LogP contribution in [-0.2, 0) is 16.1 Å². The average Bonchev–Trinajstić information content (AvgIpc) is 3.27. The molecule has 1 saturated carbocycles. The first kappa shape index (κ1) is 23.7. The van der Waals surface area contributed by atoms with Crippen LogP contribution in [0.4, 0.5) is 16.8 Å². The van der Waals surface area contributed by atoms with Crippen molar-refractivity contribution in [1.29, 1.82) is 0 Å². The van der Waals surface area contributed by atoms with E-state index in [1.807, 2.05) is 12.1 Å². The number of nitrogens with one attached hydrogen (secondary N) is 3. The van der Waals surface area contributed by atoms with Gasteiger partial charge >= 0.3 is 0 Å². The summed E-state index contributed by atoms with van der Waals surface area (Å²) in [5.74, 6) is 1.47. The van der Waals surface area contributed by atoms with Crippen molar-refractivity contribution in [3.63, 3.8) is 0 Å². The molecule has 1 aliphatic heterocycles. The van der Waals surface area contributed by atoms with Crippen molar-refractivity contribution in [2.75, 3.05) is 36.9 Å². The van der Waals surface area contributed by atoms with Crippen LogP contribution in [0.15, 0.2) is 43.1 Å². The lowest BCUT2D eigenvalue weighted by molar-refractivity contribution is -0.117. The highest BCUT2D eigenvalue weighted by atomic mass is 32.1. The fourth-order valence-corrected chi connectivity index (χ4v) is 5.50. The van der Waals surface area contributed by atoms with Crippen LogP contribution >= 0.6 is 11.3 Å². The second-order valence-corrected chi connectivity index (χ2v) is 10.0. The number of hydrogen-bond donors (Lipinski definition) is 3. The van der Waals surface area contributed by atoms with E-state index in [1.54, 1.807) is 6.20 Å². The third kappa shape index (κ3) is 6.33. The third-order valence-corrected chi connectivity index (χ3v) is 7.25. The number of ether oxygens (including phenoxy) is 1. The molecule has 5 rings (SSSR count). The van der Waals surface area contributed by atoms with Gasteiger partial charge in [-0.2, -0.15) is 0 Å². The number of carbonyl (C=O) groups is 1. The average molecular weight is 494 g/mol. The van der Waals surface area contributed by atoms with Gasteiger partial charge in [-0.25, -0.2) is 15.0 Å². The van der Waals surface area contributed by atoms with Gasteiger partial charge < -0.3 is 20.7 Å². The van der Waals surface area contributed by atoms with E-state index in [4.69, 9.17) is 9.72 Å². The highest BCUT2D eigenvalue weighted by molar-refractivity contribution is 7.21. The molecule has 35 heavy (non-hydrogen) atoms. The first-order valence-corrected chi connectivity index (χ1v) is 13.0. The summed E-state index contributed by atoms with van der Waals surface area (Å²) < 4.78 is 5.51. The van der Waals surface area contributed by atoms with Crippen molar-refractivity contribution in [3.8, 4) is 0 Å². The summed E-state index contributed by atoms with van der Waals surface area (Å²) in [5.41, 5.74) is 2.05. The fraction of sp³-hybridized carbons (Fsp3) is 0.440. The van der Waals surface area contributed by atoms with Gasteiger partial charge in [0, 0.05) is 37.9 Å². The smallest absolute Gasteiger partial charge is 0.243 e. The normalized spacial score (nSPS) is 20.9. The molecule has 9 nitrogen and oxygen atoms in total. The van der Waals surface area contributed by atoms with Crippen LogP contribution in [0.1, 0.15) is 31.2 Å². The minimum Gasteiger partial charge on any atom is -0.379 e. The Hall–Kier alpha value is -3.08. The Balaban J connectivity index is 1.34. The standard InChI is InChI=1S/C25H31N7O2S/c1-2-23(33)28-19-6-3-5-18(15-19)27-21-13-17(16-32-9-11-34-12-10-32)14-22(30-21)31-25-29-20-7-4-8-26-24(20)35-25/h2,4,7-8,13-14,18-19H,1,3,5-6,9-12,15-16H2,(H,28,33)(H2,27,29,30,31)/t18-,19-/m1/s1. The van der Waals surface area contributed by atoms with Gasteiger partial charge in [-0.1, -0.05) is 17.9 Å². The molecule has 4 heterocycles. The van der Waals surface area contributed by atoms with Crippen molar-refractivity contribution in [3.05, 3.63) is 48.7 Å². The van der Waals surface area contributed by atoms with Gasteiger partial charge in [-0.3, -0.25) is 9.69 Å². The molecule has 184 valence electrons. The van der Waals surface area contributed by atoms with E-state index in [-0.39, 0.29) is 18.0 Å². The number of fused-ring (bicyclic) bond motifs is 1. The Labute approximate surface area is 209 Å². The van der Waals surface area contributed by atoms with Gasteiger partial charge in [0.2, 0.25) is 5.91 Å². The van der Waals surface area contributed by atoms with E-state index in [0.29, 0.717) is 0 Å². The molecule has 1 saturated heterocycles. The van der Waals surface area contributed by atoms with Gasteiger partial charge in [0.25, 0.3) is 0 Å². The quantitative estimate of drug-likeness (QED) is 0.408. The molecule has 0 unspecified atom stereocenters. The van der Waals surface area contributed by atoms with Gasteiger partial charge in [0.05, 0.1) is 13.2 Å². The molecule has 10 heteroatoms. The summed E-state index contributed by atoms with van der Waals surface area (Å²) in [6.45, 7) is 7.77. The lowest BCUT2D eigenvalue weighted by atomic mass is 9.91. The molecular weight excluding hydrogens is 462 g/mol. The molecule has 2 fully saturated rings. The monoisotopic (exact) mass is 493 g/mol. The summed E-state index contributed by atoms with van der Waals surface area (Å²) >= 11 is 1.51. The topological polar surface area (TPSA) is 104 Å². The largest absolute Gasteiger partial charge is 0.379 e. The number of amides is 1. The van der Waals surface area contributed by atoms with Crippen LogP contribution in [-0.4, -0.2) is 64.1 Å². The number of pyridine rings is 2. The van der Waals surface area contributed by atoms with Gasteiger partial charge in [0.15, 0.2) is 5.13 Å². The fourth-order valence-electron chi connectivity index (χ4n) is 4.69. The second kappa shape index (κ2) is 11.1. The molecule has 3 N–H and O–H groups in total. The summed E-state index contributed by atoms with van der Waals surface area (Å²) in [7, 11) is 0. The Morgan fingerprint density at radius 1 is 1.20 bits per heavy atom. The maximum absolute atomic E-state index is 11.8. The second-order valence-electron chi connectivity index (χ2n) is 9.02. The molecule has 1 aliphatic carbocycles. The van der Waals surface area contributed by atoms with Gasteiger partial charge in [-0.15, -0.1) is 0 Å². The third-order valence-electron chi connectivity index (χ3n) is 6.35. The van der Waals surface area contributed by atoms with Crippen LogP contribution in [0.2, 0.25) is 0 Å². The molecule has 0 aromatic carbocycles. The maximum Gasteiger partial charge on any atom is 0.243 e. The number of rotatable bonds is 8. The lowest BCUT2D eigenvalue weighted by Gasteiger charge is -2.31. The molecule has 3 aromatic heterocycles. The number of anilines is 3. The predicted octanol–water partition coefficient (Wildman–Crippen LogP) is 3.69. The van der Waals surface area contributed by atoms with Crippen LogP contribution < -0.4 is 16.0 Å². The van der Waals surface area contributed by atoms with Crippen molar-refractivity contribution < 1.29 is 9.53 Å². The van der Waals surface area contributed by atoms with Crippen molar-refractivity contribution in [2.24, 2.45) is 0 Å². The number of hydrogen-bond acceptors (Lipinski definition) is 9. The van der Waals surface area contributed by atoms with E-state index >= 15 is 0 Å². The Morgan fingerprint density at radius 2 is 2.03 bits per heavy atom. The predicted molar refractivity (Wildman–Crippen MR) is 139 cm³/mol. The molecule has 0 spiro atoms. The molecule has 2 aliphatic rings. The summed E-state index contributed by atoms with van der Waals surface area (Å²) in [6.07, 6.45) is 7.06. The minimum atomic E-state index is -0.113. The van der Waals surface area contributed by atoms with E-state index < -0.39 is 0 Å². The number of carbonyl (C=O) groups excluding carboxylic acids is 1. The maximum atomic E-state index is 11.8. The zero-order chi connectivity index (χ0) is 24.0. The number of morpholine rings is 1. The van der Waals surface area contributed by atoms with Crippen molar-refractivity contribution >= 4 is 44.4 Å². The van der Waals surface area contributed by atoms with Crippen LogP contribution in [0.5, 0.6) is 0 Å². The highest BCUT2D eigenvalue weighted by Crippen LogP contribution is 2.28. The summed E-state index contributed by atoms with van der Waals surface area (Å²) in [4.78, 5) is 29.0. The van der Waals surface area contributed by atoms with Crippen LogP contribution in [0, 0.1) is 0 Å². The first-order chi connectivity index (χ1) is 17.1. The minimum absolute atomic E-state index is 0.113. The number of nitrogens with zero attached hydrogens (tertiary/aromatic N) is 4. The molecule has 0 bridgehead atoms. The zero-order valence-electron chi connectivity index (χ0n) is 19.7. The van der Waals surface area contributed by atoms with E-state index in [1.165, 1.54) is 23.0 Å². The van der Waals surface area contributed by atoms with Gasteiger partial charge in [-0.05, 0) is 61.6 Å². The molecular formula is C25H31N7O2S. The Morgan fingerprint density at radius 3 is 2.86 bits per heavy atom. The van der Waals surface area contributed by atoms with Crippen LogP contribution in [0.3, 0.4) is 0 Å². The van der Waals surface area contributed by atoms with E-state index in [2.05, 4.69) is 49.5 Å². The SMILES string of the molecule is C=CC(=O)N[C@@H]1CCC[C@@H](Nc2cc(CN3CCOCC3)cc(Nc3nc4cccnc4s3)n2)C1. The first-order valence-electron chi connectivity index (χ1n) is 12.1. The van der Waals surface area contributed by atoms with Crippen molar-refractivity contribution in [2.45, 2.75) is 44.3 Å². The summed E-state index contributed by atoms with van der Waals surface area (Å²) in [6, 6.07) is 8.47. The zero-order valence-corrected chi connectivity index (χ0v) is 20.5. The Kier molecular flexibility index (Phi) is 7.51. The molecule has 3 aromatic rings. The Bertz CT molecular complexity index is 1140. The summed E-state index contributed by atoms with van der Waals surface area (Å²) in [5, 5.41) is 10.8. The van der Waals surface area contributed by atoms with E-state index in [0.717, 1.165) is 85.6 Å².